The van der Waals surface area contributed by atoms with Crippen LogP contribution in [-0.2, 0) is 14.8 Å². The summed E-state index contributed by atoms with van der Waals surface area (Å²) in [6, 6.07) is 5.67. The lowest BCUT2D eigenvalue weighted by molar-refractivity contribution is -0.128. The lowest BCUT2D eigenvalue weighted by Crippen LogP contribution is -2.47. The summed E-state index contributed by atoms with van der Waals surface area (Å²) in [6.07, 6.45) is 2.95. The second-order valence-corrected chi connectivity index (χ2v) is 13.2. The minimum atomic E-state index is -3.52. The summed E-state index contributed by atoms with van der Waals surface area (Å²) in [5.41, 5.74) is -0.0403. The number of benzene rings is 1. The van der Waals surface area contributed by atoms with Gasteiger partial charge in [-0.1, -0.05) is 36.8 Å². The fraction of sp³-hybridized carbons (Fsp3) is 0.636. The number of rotatable bonds is 4. The Morgan fingerprint density at radius 2 is 2.03 bits per heavy atom. The number of halogens is 1. The molecular formula is C22H28ClN3O3S2. The average Bonchev–Trinajstić information content (AvgIpc) is 3.15. The molecule has 2 bridgehead atoms. The largest absolute Gasteiger partial charge is 0.347 e. The van der Waals surface area contributed by atoms with Crippen molar-refractivity contribution in [2.45, 2.75) is 39.5 Å². The number of carbonyl (C=O) groups is 1. The molecule has 1 saturated heterocycles. The predicted molar refractivity (Wildman–Crippen MR) is 125 cm³/mol. The van der Waals surface area contributed by atoms with E-state index in [1.165, 1.54) is 0 Å². The van der Waals surface area contributed by atoms with Gasteiger partial charge in [0.2, 0.25) is 10.0 Å². The molecular weight excluding hydrogens is 454 g/mol. The molecule has 0 N–H and O–H groups in total. The van der Waals surface area contributed by atoms with Gasteiger partial charge in [0, 0.05) is 43.0 Å². The Morgan fingerprint density at radius 3 is 2.74 bits per heavy atom. The standard InChI is InChI=1S/C22H28ClN3O3S2/c1-21(2)15-6-7-22(21,19(27)12-15)14-31(28,29)26-9-3-8-25(10-11-26)20-24-17-5-4-16(23)13-18(17)30-20/h4-5,13,15H,3,6-12,14H2,1-2H3/t15-,22-/m1/s1. The minimum Gasteiger partial charge on any atom is -0.347 e. The molecule has 2 aliphatic carbocycles. The molecule has 2 aromatic rings. The van der Waals surface area contributed by atoms with E-state index in [4.69, 9.17) is 16.6 Å². The van der Waals surface area contributed by atoms with E-state index in [1.54, 1.807) is 15.6 Å². The van der Waals surface area contributed by atoms with Gasteiger partial charge >= 0.3 is 0 Å². The van der Waals surface area contributed by atoms with Crippen molar-refractivity contribution in [2.75, 3.05) is 36.8 Å². The maximum atomic E-state index is 13.5. The number of nitrogens with zero attached hydrogens (tertiary/aromatic N) is 3. The molecule has 1 aromatic heterocycles. The molecule has 3 aliphatic rings. The summed E-state index contributed by atoms with van der Waals surface area (Å²) in [5.74, 6) is 0.436. The highest BCUT2D eigenvalue weighted by Crippen LogP contribution is 2.64. The maximum Gasteiger partial charge on any atom is 0.215 e. The first-order chi connectivity index (χ1) is 14.6. The molecule has 1 aromatic carbocycles. The summed E-state index contributed by atoms with van der Waals surface area (Å²) >= 11 is 7.69. The van der Waals surface area contributed by atoms with Gasteiger partial charge in [-0.15, -0.1) is 0 Å². The van der Waals surface area contributed by atoms with Crippen molar-refractivity contribution in [3.63, 3.8) is 0 Å². The Labute approximate surface area is 192 Å². The van der Waals surface area contributed by atoms with Crippen LogP contribution in [0.2, 0.25) is 5.02 Å². The van der Waals surface area contributed by atoms with E-state index in [-0.39, 0.29) is 17.0 Å². The molecule has 31 heavy (non-hydrogen) atoms. The third-order valence-corrected chi connectivity index (χ3v) is 11.3. The van der Waals surface area contributed by atoms with Gasteiger partial charge in [0.1, 0.15) is 5.78 Å². The molecule has 9 heteroatoms. The Kier molecular flexibility index (Phi) is 5.16. The molecule has 5 rings (SSSR count). The third kappa shape index (κ3) is 3.41. The molecule has 3 fully saturated rings. The van der Waals surface area contributed by atoms with Crippen LogP contribution in [0, 0.1) is 16.7 Å². The molecule has 2 atom stereocenters. The fourth-order valence-electron chi connectivity index (χ4n) is 5.90. The first kappa shape index (κ1) is 21.6. The molecule has 0 radical (unpaired) electrons. The van der Waals surface area contributed by atoms with Crippen LogP contribution in [0.5, 0.6) is 0 Å². The van der Waals surface area contributed by atoms with Crippen LogP contribution in [0.15, 0.2) is 18.2 Å². The third-order valence-electron chi connectivity index (χ3n) is 8.03. The van der Waals surface area contributed by atoms with Gasteiger partial charge in [-0.2, -0.15) is 0 Å². The first-order valence-electron chi connectivity index (χ1n) is 10.9. The van der Waals surface area contributed by atoms with Crippen LogP contribution in [0.25, 0.3) is 10.2 Å². The molecule has 2 saturated carbocycles. The second kappa shape index (κ2) is 7.40. The van der Waals surface area contributed by atoms with E-state index < -0.39 is 15.4 Å². The van der Waals surface area contributed by atoms with E-state index in [0.717, 1.165) is 34.7 Å². The van der Waals surface area contributed by atoms with E-state index in [0.29, 0.717) is 43.4 Å². The molecule has 0 unspecified atom stereocenters. The number of hydrogen-bond donors (Lipinski definition) is 0. The number of hydrogen-bond acceptors (Lipinski definition) is 6. The van der Waals surface area contributed by atoms with Crippen LogP contribution < -0.4 is 4.90 Å². The highest BCUT2D eigenvalue weighted by Gasteiger charge is 2.65. The zero-order valence-corrected chi connectivity index (χ0v) is 20.3. The van der Waals surface area contributed by atoms with E-state index in [1.807, 2.05) is 18.2 Å². The average molecular weight is 482 g/mol. The van der Waals surface area contributed by atoms with Crippen LogP contribution >= 0.6 is 22.9 Å². The summed E-state index contributed by atoms with van der Waals surface area (Å²) in [7, 11) is -3.52. The summed E-state index contributed by atoms with van der Waals surface area (Å²) in [4.78, 5) is 19.7. The van der Waals surface area contributed by atoms with E-state index in [9.17, 15) is 13.2 Å². The molecule has 168 valence electrons. The Balaban J connectivity index is 1.33. The highest BCUT2D eigenvalue weighted by atomic mass is 35.5. The number of anilines is 1. The maximum absolute atomic E-state index is 13.5. The number of fused-ring (bicyclic) bond motifs is 3. The Morgan fingerprint density at radius 1 is 1.23 bits per heavy atom. The SMILES string of the molecule is CC1(C)[C@@H]2CC[C@@]1(CS(=O)(=O)N1CCCN(c3nc4ccc(Cl)cc4s3)CC1)C(=O)C2. The second-order valence-electron chi connectivity index (χ2n) is 9.77. The van der Waals surface area contributed by atoms with Crippen LogP contribution in [0.1, 0.15) is 39.5 Å². The first-order valence-corrected chi connectivity index (χ1v) is 13.7. The minimum absolute atomic E-state index is 0.0397. The molecule has 6 nitrogen and oxygen atoms in total. The number of sulfonamides is 1. The fourth-order valence-corrected chi connectivity index (χ4v) is 9.44. The summed E-state index contributed by atoms with van der Waals surface area (Å²) in [6.45, 7) is 6.46. The number of carbonyl (C=O) groups excluding carboxylic acids is 1. The van der Waals surface area contributed by atoms with Gasteiger partial charge < -0.3 is 4.90 Å². The molecule has 2 heterocycles. The van der Waals surface area contributed by atoms with Crippen LogP contribution in [-0.4, -0.2) is 55.4 Å². The van der Waals surface area contributed by atoms with Crippen molar-refractivity contribution in [1.82, 2.24) is 9.29 Å². The zero-order valence-electron chi connectivity index (χ0n) is 17.9. The molecule has 0 amide bonds. The Hall–Kier alpha value is -1.22. The normalized spacial score (nSPS) is 29.1. The van der Waals surface area contributed by atoms with Crippen molar-refractivity contribution in [2.24, 2.45) is 16.7 Å². The lowest BCUT2D eigenvalue weighted by Gasteiger charge is -2.37. The van der Waals surface area contributed by atoms with Crippen molar-refractivity contribution >= 4 is 54.1 Å². The molecule has 0 spiro atoms. The van der Waals surface area contributed by atoms with Crippen molar-refractivity contribution in [3.8, 4) is 0 Å². The predicted octanol–water partition coefficient (Wildman–Crippen LogP) is 4.19. The van der Waals surface area contributed by atoms with Crippen molar-refractivity contribution in [1.29, 1.82) is 0 Å². The highest BCUT2D eigenvalue weighted by molar-refractivity contribution is 7.89. The van der Waals surface area contributed by atoms with Gasteiger partial charge in [0.15, 0.2) is 5.13 Å². The Bertz CT molecular complexity index is 1150. The van der Waals surface area contributed by atoms with Crippen molar-refractivity contribution < 1.29 is 13.2 Å². The van der Waals surface area contributed by atoms with Gasteiger partial charge in [-0.3, -0.25) is 4.79 Å². The topological polar surface area (TPSA) is 70.6 Å². The van der Waals surface area contributed by atoms with Gasteiger partial charge in [-0.25, -0.2) is 17.7 Å². The van der Waals surface area contributed by atoms with E-state index >= 15 is 0 Å². The quantitative estimate of drug-likeness (QED) is 0.654. The van der Waals surface area contributed by atoms with E-state index in [2.05, 4.69) is 18.7 Å². The number of thiazole rings is 1. The summed E-state index contributed by atoms with van der Waals surface area (Å²) < 4.78 is 29.6. The zero-order chi connectivity index (χ0) is 22.0. The number of aromatic nitrogens is 1. The summed E-state index contributed by atoms with van der Waals surface area (Å²) in [5, 5.41) is 1.59. The van der Waals surface area contributed by atoms with Gasteiger partial charge in [0.25, 0.3) is 0 Å². The number of Topliss-reactive ketones (excluding diaryl/α,β-unsaturated/α-hetero) is 1. The van der Waals surface area contributed by atoms with Gasteiger partial charge in [0.05, 0.1) is 16.0 Å². The van der Waals surface area contributed by atoms with Gasteiger partial charge in [-0.05, 0) is 48.8 Å². The number of ketones is 1. The molecule has 1 aliphatic heterocycles. The van der Waals surface area contributed by atoms with Crippen LogP contribution in [0.4, 0.5) is 5.13 Å². The lowest BCUT2D eigenvalue weighted by atomic mass is 9.70. The van der Waals surface area contributed by atoms with Crippen LogP contribution in [0.3, 0.4) is 0 Å². The van der Waals surface area contributed by atoms with Crippen molar-refractivity contribution in [3.05, 3.63) is 23.2 Å². The smallest absolute Gasteiger partial charge is 0.215 e. The monoisotopic (exact) mass is 481 g/mol.